The van der Waals surface area contributed by atoms with Crippen LogP contribution in [0.4, 0.5) is 0 Å². The van der Waals surface area contributed by atoms with Crippen LogP contribution in [0.15, 0.2) is 0 Å². The molecule has 0 amide bonds. The van der Waals surface area contributed by atoms with Crippen LogP contribution >= 0.6 is 0 Å². The number of rotatable bonds is 10. The van der Waals surface area contributed by atoms with Gasteiger partial charge >= 0.3 is 0 Å². The van der Waals surface area contributed by atoms with E-state index in [4.69, 9.17) is 14.7 Å². The molecule has 0 aliphatic rings. The molecular weight excluding hydrogens is 204 g/mol. The van der Waals surface area contributed by atoms with E-state index in [1.165, 1.54) is 0 Å². The first-order chi connectivity index (χ1) is 7.74. The molecule has 0 aliphatic heterocycles. The maximum atomic E-state index is 8.73. The Labute approximate surface area is 99.1 Å². The van der Waals surface area contributed by atoms with Gasteiger partial charge in [0.25, 0.3) is 0 Å². The van der Waals surface area contributed by atoms with E-state index in [1.807, 2.05) is 6.92 Å². The van der Waals surface area contributed by atoms with Gasteiger partial charge < -0.3 is 14.4 Å². The summed E-state index contributed by atoms with van der Waals surface area (Å²) in [5, 5.41) is 8.73. The van der Waals surface area contributed by atoms with E-state index in [2.05, 4.69) is 17.9 Å². The fourth-order valence-electron chi connectivity index (χ4n) is 1.41. The zero-order valence-electron chi connectivity index (χ0n) is 10.7. The molecular formula is C12H24N2O2. The fourth-order valence-corrected chi connectivity index (χ4v) is 1.41. The summed E-state index contributed by atoms with van der Waals surface area (Å²) < 4.78 is 10.4. The SMILES string of the molecule is CCN(CCOCCCOC)CC(C)C#N. The molecule has 0 aromatic rings. The second kappa shape index (κ2) is 10.9. The van der Waals surface area contributed by atoms with E-state index in [-0.39, 0.29) is 5.92 Å². The van der Waals surface area contributed by atoms with E-state index in [0.29, 0.717) is 0 Å². The van der Waals surface area contributed by atoms with Crippen LogP contribution in [-0.4, -0.2) is 51.5 Å². The van der Waals surface area contributed by atoms with E-state index < -0.39 is 0 Å². The first-order valence-corrected chi connectivity index (χ1v) is 5.93. The third-order valence-corrected chi connectivity index (χ3v) is 2.39. The van der Waals surface area contributed by atoms with E-state index in [9.17, 15) is 0 Å². The van der Waals surface area contributed by atoms with Gasteiger partial charge in [-0.05, 0) is 19.9 Å². The molecule has 0 radical (unpaired) electrons. The standard InChI is InChI=1S/C12H24N2O2/c1-4-14(11-12(2)10-13)6-9-16-8-5-7-15-3/h12H,4-9,11H2,1-3H3. The van der Waals surface area contributed by atoms with Crippen molar-refractivity contribution in [2.45, 2.75) is 20.3 Å². The third kappa shape index (κ3) is 8.66. The highest BCUT2D eigenvalue weighted by atomic mass is 16.5. The van der Waals surface area contributed by atoms with Crippen LogP contribution < -0.4 is 0 Å². The lowest BCUT2D eigenvalue weighted by Crippen LogP contribution is -2.31. The van der Waals surface area contributed by atoms with E-state index >= 15 is 0 Å². The number of methoxy groups -OCH3 is 1. The molecule has 1 atom stereocenters. The summed E-state index contributed by atoms with van der Waals surface area (Å²) in [6.45, 7) is 8.98. The summed E-state index contributed by atoms with van der Waals surface area (Å²) in [6.07, 6.45) is 0.942. The Balaban J connectivity index is 3.45. The number of likely N-dealkylation sites (N-methyl/N-ethyl adjacent to an activating group) is 1. The molecule has 94 valence electrons. The quantitative estimate of drug-likeness (QED) is 0.532. The molecule has 0 heterocycles. The highest BCUT2D eigenvalue weighted by Gasteiger charge is 2.07. The molecule has 0 aromatic carbocycles. The summed E-state index contributed by atoms with van der Waals surface area (Å²) in [5.74, 6) is 0.0911. The van der Waals surface area contributed by atoms with Crippen molar-refractivity contribution in [3.8, 4) is 6.07 Å². The zero-order chi connectivity index (χ0) is 12.2. The smallest absolute Gasteiger partial charge is 0.0666 e. The predicted molar refractivity (Wildman–Crippen MR) is 64.2 cm³/mol. The predicted octanol–water partition coefficient (Wildman–Crippen LogP) is 1.52. The molecule has 16 heavy (non-hydrogen) atoms. The van der Waals surface area contributed by atoms with Crippen LogP contribution in [0, 0.1) is 17.2 Å². The molecule has 1 unspecified atom stereocenters. The first-order valence-electron chi connectivity index (χ1n) is 5.93. The number of hydrogen-bond donors (Lipinski definition) is 0. The molecule has 4 nitrogen and oxygen atoms in total. The fraction of sp³-hybridized carbons (Fsp3) is 0.917. The summed E-state index contributed by atoms with van der Waals surface area (Å²) in [4.78, 5) is 2.24. The average Bonchev–Trinajstić information content (AvgIpc) is 2.31. The monoisotopic (exact) mass is 228 g/mol. The number of nitrogens with zero attached hydrogens (tertiary/aromatic N) is 2. The Morgan fingerprint density at radius 3 is 2.62 bits per heavy atom. The lowest BCUT2D eigenvalue weighted by Gasteiger charge is -2.21. The maximum Gasteiger partial charge on any atom is 0.0666 e. The number of hydrogen-bond acceptors (Lipinski definition) is 4. The van der Waals surface area contributed by atoms with Crippen LogP contribution in [0.5, 0.6) is 0 Å². The minimum Gasteiger partial charge on any atom is -0.385 e. The lowest BCUT2D eigenvalue weighted by molar-refractivity contribution is 0.0832. The Morgan fingerprint density at radius 1 is 1.31 bits per heavy atom. The Bertz CT molecular complexity index is 192. The topological polar surface area (TPSA) is 45.5 Å². The zero-order valence-corrected chi connectivity index (χ0v) is 10.7. The van der Waals surface area contributed by atoms with Gasteiger partial charge in [-0.15, -0.1) is 0 Å². The average molecular weight is 228 g/mol. The van der Waals surface area contributed by atoms with Crippen molar-refractivity contribution >= 4 is 0 Å². The molecule has 0 spiro atoms. The summed E-state index contributed by atoms with van der Waals surface area (Å²) in [6, 6.07) is 2.25. The van der Waals surface area contributed by atoms with Gasteiger partial charge in [-0.3, -0.25) is 0 Å². The Hall–Kier alpha value is -0.630. The van der Waals surface area contributed by atoms with Gasteiger partial charge in [0, 0.05) is 33.4 Å². The van der Waals surface area contributed by atoms with Crippen molar-refractivity contribution in [3.63, 3.8) is 0 Å². The minimum absolute atomic E-state index is 0.0911. The van der Waals surface area contributed by atoms with Crippen molar-refractivity contribution in [1.29, 1.82) is 5.26 Å². The summed E-state index contributed by atoms with van der Waals surface area (Å²) in [7, 11) is 1.70. The van der Waals surface area contributed by atoms with Crippen LogP contribution in [0.3, 0.4) is 0 Å². The Morgan fingerprint density at radius 2 is 2.06 bits per heavy atom. The molecule has 0 bridgehead atoms. The normalized spacial score (nSPS) is 12.7. The van der Waals surface area contributed by atoms with Crippen LogP contribution in [0.1, 0.15) is 20.3 Å². The van der Waals surface area contributed by atoms with Crippen molar-refractivity contribution in [1.82, 2.24) is 4.90 Å². The van der Waals surface area contributed by atoms with Crippen LogP contribution in [0.2, 0.25) is 0 Å². The second-order valence-electron chi connectivity index (χ2n) is 3.88. The van der Waals surface area contributed by atoms with Gasteiger partial charge in [-0.25, -0.2) is 0 Å². The third-order valence-electron chi connectivity index (χ3n) is 2.39. The molecule has 0 saturated heterocycles. The highest BCUT2D eigenvalue weighted by molar-refractivity contribution is 4.81. The van der Waals surface area contributed by atoms with Gasteiger partial charge in [0.05, 0.1) is 18.6 Å². The first kappa shape index (κ1) is 15.4. The van der Waals surface area contributed by atoms with Crippen molar-refractivity contribution < 1.29 is 9.47 Å². The Kier molecular flexibility index (Phi) is 10.4. The van der Waals surface area contributed by atoms with Crippen LogP contribution in [-0.2, 0) is 9.47 Å². The van der Waals surface area contributed by atoms with Crippen molar-refractivity contribution in [3.05, 3.63) is 0 Å². The lowest BCUT2D eigenvalue weighted by atomic mass is 10.2. The molecule has 4 heteroatoms. The van der Waals surface area contributed by atoms with Crippen LogP contribution in [0.25, 0.3) is 0 Å². The largest absolute Gasteiger partial charge is 0.385 e. The number of nitriles is 1. The number of ether oxygens (including phenoxy) is 2. The molecule has 0 N–H and O–H groups in total. The molecule has 0 saturated carbocycles. The summed E-state index contributed by atoms with van der Waals surface area (Å²) >= 11 is 0. The van der Waals surface area contributed by atoms with E-state index in [1.54, 1.807) is 7.11 Å². The maximum absolute atomic E-state index is 8.73. The molecule has 0 aliphatic carbocycles. The second-order valence-corrected chi connectivity index (χ2v) is 3.88. The highest BCUT2D eigenvalue weighted by Crippen LogP contribution is 1.98. The van der Waals surface area contributed by atoms with Crippen molar-refractivity contribution in [2.24, 2.45) is 5.92 Å². The summed E-state index contributed by atoms with van der Waals surface area (Å²) in [5.41, 5.74) is 0. The van der Waals surface area contributed by atoms with Gasteiger partial charge in [0.2, 0.25) is 0 Å². The molecule has 0 rings (SSSR count). The van der Waals surface area contributed by atoms with Gasteiger partial charge in [0.15, 0.2) is 0 Å². The van der Waals surface area contributed by atoms with Gasteiger partial charge in [0.1, 0.15) is 0 Å². The minimum atomic E-state index is 0.0911. The van der Waals surface area contributed by atoms with Gasteiger partial charge in [-0.1, -0.05) is 6.92 Å². The van der Waals surface area contributed by atoms with Gasteiger partial charge in [-0.2, -0.15) is 5.26 Å². The van der Waals surface area contributed by atoms with Crippen molar-refractivity contribution in [2.75, 3.05) is 46.6 Å². The molecule has 0 aromatic heterocycles. The van der Waals surface area contributed by atoms with E-state index in [0.717, 1.165) is 45.9 Å². The molecule has 0 fully saturated rings.